The lowest BCUT2D eigenvalue weighted by atomic mass is 9.98. The van der Waals surface area contributed by atoms with Gasteiger partial charge >= 0.3 is 5.97 Å². The van der Waals surface area contributed by atoms with Crippen molar-refractivity contribution in [2.75, 3.05) is 0 Å². The Bertz CT molecular complexity index is 208. The second-order valence-electron chi connectivity index (χ2n) is 3.60. The number of esters is 1. The lowest BCUT2D eigenvalue weighted by Crippen LogP contribution is -2.28. The lowest BCUT2D eigenvalue weighted by Gasteiger charge is -2.25. The Morgan fingerprint density at radius 2 is 2.07 bits per heavy atom. The molecule has 0 amide bonds. The number of ether oxygens (including phenoxy) is 1. The summed E-state index contributed by atoms with van der Waals surface area (Å²) in [5.41, 5.74) is -0.541. The van der Waals surface area contributed by atoms with E-state index in [9.17, 15) is 4.79 Å². The van der Waals surface area contributed by atoms with Gasteiger partial charge in [-0.05, 0) is 25.8 Å². The van der Waals surface area contributed by atoms with Crippen molar-refractivity contribution in [1.82, 2.24) is 0 Å². The monoisotopic (exact) mass is 196 g/mol. The van der Waals surface area contributed by atoms with E-state index in [1.54, 1.807) is 6.08 Å². The van der Waals surface area contributed by atoms with Gasteiger partial charge in [-0.25, -0.2) is 4.79 Å². The first-order chi connectivity index (χ1) is 6.58. The third-order valence-electron chi connectivity index (χ3n) is 2.21. The zero-order valence-corrected chi connectivity index (χ0v) is 9.21. The zero-order valence-electron chi connectivity index (χ0n) is 9.21. The first-order valence-electron chi connectivity index (χ1n) is 5.07. The second kappa shape index (κ2) is 6.41. The topological polar surface area (TPSA) is 26.3 Å². The first kappa shape index (κ1) is 12.9. The van der Waals surface area contributed by atoms with E-state index in [2.05, 4.69) is 20.1 Å². The van der Waals surface area contributed by atoms with E-state index in [1.165, 1.54) is 6.08 Å². The summed E-state index contributed by atoms with van der Waals surface area (Å²) in [7, 11) is 0. The minimum absolute atomic E-state index is 0.385. The molecule has 14 heavy (non-hydrogen) atoms. The van der Waals surface area contributed by atoms with Gasteiger partial charge in [-0.2, -0.15) is 0 Å². The SMILES string of the molecule is C=CC(=O)OC(C)(C=C)CCCCC. The van der Waals surface area contributed by atoms with Crippen molar-refractivity contribution in [3.8, 4) is 0 Å². The van der Waals surface area contributed by atoms with E-state index in [1.807, 2.05) is 6.92 Å². The molecular formula is C12H20O2. The molecule has 0 saturated carbocycles. The molecule has 0 saturated heterocycles. The molecule has 0 fully saturated rings. The van der Waals surface area contributed by atoms with E-state index < -0.39 is 5.60 Å². The Balaban J connectivity index is 4.10. The Kier molecular flexibility index (Phi) is 5.93. The van der Waals surface area contributed by atoms with E-state index in [-0.39, 0.29) is 5.97 Å². The molecule has 0 aromatic heterocycles. The molecule has 0 aromatic carbocycles. The van der Waals surface area contributed by atoms with Crippen molar-refractivity contribution >= 4 is 5.97 Å². The van der Waals surface area contributed by atoms with Crippen molar-refractivity contribution in [1.29, 1.82) is 0 Å². The fraction of sp³-hybridized carbons (Fsp3) is 0.583. The molecule has 80 valence electrons. The molecule has 0 aliphatic carbocycles. The predicted octanol–water partition coefficient (Wildman–Crippen LogP) is 3.24. The molecule has 0 heterocycles. The van der Waals surface area contributed by atoms with E-state index in [4.69, 9.17) is 4.74 Å². The fourth-order valence-corrected chi connectivity index (χ4v) is 1.19. The largest absolute Gasteiger partial charge is 0.452 e. The number of carbonyl (C=O) groups is 1. The van der Waals surface area contributed by atoms with Crippen molar-refractivity contribution < 1.29 is 9.53 Å². The molecule has 0 bridgehead atoms. The van der Waals surface area contributed by atoms with Gasteiger partial charge in [0.1, 0.15) is 5.60 Å². The second-order valence-corrected chi connectivity index (χ2v) is 3.60. The van der Waals surface area contributed by atoms with Gasteiger partial charge in [0, 0.05) is 6.08 Å². The molecule has 0 aromatic rings. The maximum atomic E-state index is 11.0. The summed E-state index contributed by atoms with van der Waals surface area (Å²) in [5.74, 6) is -0.385. The summed E-state index contributed by atoms with van der Waals surface area (Å²) in [6.07, 6.45) is 7.04. The smallest absolute Gasteiger partial charge is 0.331 e. The van der Waals surface area contributed by atoms with Crippen LogP contribution in [0.15, 0.2) is 25.3 Å². The summed E-state index contributed by atoms with van der Waals surface area (Å²) in [6.45, 7) is 11.1. The molecule has 0 aliphatic heterocycles. The van der Waals surface area contributed by atoms with E-state index in [0.717, 1.165) is 25.7 Å². The van der Waals surface area contributed by atoms with Crippen LogP contribution in [0.1, 0.15) is 39.5 Å². The van der Waals surface area contributed by atoms with Crippen LogP contribution in [0.25, 0.3) is 0 Å². The molecule has 0 rings (SSSR count). The highest BCUT2D eigenvalue weighted by Crippen LogP contribution is 2.20. The highest BCUT2D eigenvalue weighted by molar-refractivity contribution is 5.81. The van der Waals surface area contributed by atoms with Gasteiger partial charge in [0.15, 0.2) is 0 Å². The average Bonchev–Trinajstić information content (AvgIpc) is 2.18. The summed E-state index contributed by atoms with van der Waals surface area (Å²) in [6, 6.07) is 0. The maximum Gasteiger partial charge on any atom is 0.331 e. The van der Waals surface area contributed by atoms with Crippen LogP contribution in [0.3, 0.4) is 0 Å². The normalized spacial score (nSPS) is 14.1. The van der Waals surface area contributed by atoms with E-state index >= 15 is 0 Å². The molecule has 2 heteroatoms. The third kappa shape index (κ3) is 4.85. The standard InChI is InChI=1S/C12H20O2/c1-5-8-9-10-12(4,7-3)14-11(13)6-2/h6-7H,2-3,5,8-10H2,1,4H3. The number of rotatable bonds is 7. The highest BCUT2D eigenvalue weighted by atomic mass is 16.6. The third-order valence-corrected chi connectivity index (χ3v) is 2.21. The van der Waals surface area contributed by atoms with Crippen LogP contribution in [-0.2, 0) is 9.53 Å². The molecule has 0 spiro atoms. The average molecular weight is 196 g/mol. The molecule has 2 nitrogen and oxygen atoms in total. The Hall–Kier alpha value is -1.05. The van der Waals surface area contributed by atoms with Gasteiger partial charge in [-0.1, -0.05) is 32.9 Å². The Labute approximate surface area is 86.6 Å². The van der Waals surface area contributed by atoms with Crippen LogP contribution in [0.4, 0.5) is 0 Å². The van der Waals surface area contributed by atoms with Crippen LogP contribution in [0.5, 0.6) is 0 Å². The quantitative estimate of drug-likeness (QED) is 0.270. The number of carbonyl (C=O) groups excluding carboxylic acids is 1. The minimum atomic E-state index is -0.541. The Morgan fingerprint density at radius 1 is 1.43 bits per heavy atom. The summed E-state index contributed by atoms with van der Waals surface area (Å²) >= 11 is 0. The van der Waals surface area contributed by atoms with Gasteiger partial charge in [0.2, 0.25) is 0 Å². The van der Waals surface area contributed by atoms with Crippen molar-refractivity contribution in [2.24, 2.45) is 0 Å². The van der Waals surface area contributed by atoms with Crippen LogP contribution >= 0.6 is 0 Å². The van der Waals surface area contributed by atoms with Gasteiger partial charge < -0.3 is 4.74 Å². The van der Waals surface area contributed by atoms with E-state index in [0.29, 0.717) is 0 Å². The minimum Gasteiger partial charge on any atom is -0.452 e. The summed E-state index contributed by atoms with van der Waals surface area (Å²) in [4.78, 5) is 11.0. The number of hydrogen-bond donors (Lipinski definition) is 0. The van der Waals surface area contributed by atoms with Gasteiger partial charge in [-0.3, -0.25) is 0 Å². The van der Waals surface area contributed by atoms with Crippen LogP contribution in [-0.4, -0.2) is 11.6 Å². The van der Waals surface area contributed by atoms with Gasteiger partial charge in [0.25, 0.3) is 0 Å². The van der Waals surface area contributed by atoms with Crippen molar-refractivity contribution in [2.45, 2.75) is 45.1 Å². The van der Waals surface area contributed by atoms with Crippen LogP contribution in [0, 0.1) is 0 Å². The highest BCUT2D eigenvalue weighted by Gasteiger charge is 2.23. The zero-order chi connectivity index (χ0) is 11.0. The summed E-state index contributed by atoms with van der Waals surface area (Å²) < 4.78 is 5.21. The van der Waals surface area contributed by atoms with Gasteiger partial charge in [-0.15, -0.1) is 0 Å². The van der Waals surface area contributed by atoms with Crippen LogP contribution < -0.4 is 0 Å². The van der Waals surface area contributed by atoms with Crippen molar-refractivity contribution in [3.63, 3.8) is 0 Å². The molecule has 0 radical (unpaired) electrons. The molecular weight excluding hydrogens is 176 g/mol. The van der Waals surface area contributed by atoms with Crippen LogP contribution in [0.2, 0.25) is 0 Å². The predicted molar refractivity (Wildman–Crippen MR) is 59.0 cm³/mol. The molecule has 1 unspecified atom stereocenters. The molecule has 0 aliphatic rings. The Morgan fingerprint density at radius 3 is 2.50 bits per heavy atom. The van der Waals surface area contributed by atoms with Crippen molar-refractivity contribution in [3.05, 3.63) is 25.3 Å². The molecule has 1 atom stereocenters. The van der Waals surface area contributed by atoms with Gasteiger partial charge in [0.05, 0.1) is 0 Å². The fourth-order valence-electron chi connectivity index (χ4n) is 1.19. The maximum absolute atomic E-state index is 11.0. The number of unbranched alkanes of at least 4 members (excludes halogenated alkanes) is 2. The first-order valence-corrected chi connectivity index (χ1v) is 5.07. The lowest BCUT2D eigenvalue weighted by molar-refractivity contribution is -0.148. The molecule has 0 N–H and O–H groups in total. The summed E-state index contributed by atoms with van der Waals surface area (Å²) in [5, 5.41) is 0. The number of hydrogen-bond acceptors (Lipinski definition) is 2.